The van der Waals surface area contributed by atoms with E-state index in [1.54, 1.807) is 33.7 Å². The summed E-state index contributed by atoms with van der Waals surface area (Å²) in [6, 6.07) is 6.76. The maximum atomic E-state index is 14.7. The summed E-state index contributed by atoms with van der Waals surface area (Å²) in [5, 5.41) is 9.48. The molecule has 0 saturated carbocycles. The Balaban J connectivity index is 1.47. The van der Waals surface area contributed by atoms with Crippen LogP contribution < -0.4 is 9.64 Å². The number of carbonyl (C=O) groups is 3. The minimum Gasteiger partial charge on any atom is -0.494 e. The van der Waals surface area contributed by atoms with Crippen molar-refractivity contribution in [3.8, 4) is 5.75 Å². The Labute approximate surface area is 277 Å². The number of morpholine rings is 1. The number of aliphatic hydroxyl groups is 1. The number of hydrogen-bond donors (Lipinski definition) is 1. The predicted molar refractivity (Wildman–Crippen MR) is 181 cm³/mol. The first-order valence-electron chi connectivity index (χ1n) is 16.8. The molecule has 6 atom stereocenters. The fourth-order valence-electron chi connectivity index (χ4n) is 7.94. The van der Waals surface area contributed by atoms with Crippen molar-refractivity contribution in [2.24, 2.45) is 17.8 Å². The van der Waals surface area contributed by atoms with Gasteiger partial charge in [0.25, 0.3) is 0 Å². The Morgan fingerprint density at radius 3 is 2.48 bits per heavy atom. The molecule has 4 aliphatic heterocycles. The third kappa shape index (κ3) is 6.48. The Kier molecular flexibility index (Phi) is 11.5. The molecule has 10 nitrogen and oxygen atoms in total. The van der Waals surface area contributed by atoms with Crippen LogP contribution in [-0.2, 0) is 19.1 Å². The van der Waals surface area contributed by atoms with E-state index in [0.29, 0.717) is 58.8 Å². The first-order valence-corrected chi connectivity index (χ1v) is 17.6. The topological polar surface area (TPSA) is 103 Å². The fourth-order valence-corrected chi connectivity index (χ4v) is 10.4. The number of amides is 3. The highest BCUT2D eigenvalue weighted by atomic mass is 32.2. The molecule has 1 spiro atoms. The number of aliphatic hydroxyl groups excluding tert-OH is 1. The van der Waals surface area contributed by atoms with E-state index in [0.717, 1.165) is 37.5 Å². The van der Waals surface area contributed by atoms with Crippen molar-refractivity contribution in [3.63, 3.8) is 0 Å². The summed E-state index contributed by atoms with van der Waals surface area (Å²) in [5.41, 5.74) is 0.723. The number of rotatable bonds is 16. The summed E-state index contributed by atoms with van der Waals surface area (Å²) in [4.78, 5) is 51.5. The van der Waals surface area contributed by atoms with Gasteiger partial charge in [-0.25, -0.2) is 0 Å². The van der Waals surface area contributed by atoms with Crippen LogP contribution in [0.25, 0.3) is 0 Å². The van der Waals surface area contributed by atoms with Crippen molar-refractivity contribution in [2.45, 2.75) is 49.1 Å². The fraction of sp³-hybridized carbons (Fsp3) is 0.629. The van der Waals surface area contributed by atoms with Crippen molar-refractivity contribution in [1.82, 2.24) is 14.7 Å². The van der Waals surface area contributed by atoms with Crippen LogP contribution in [0.5, 0.6) is 5.75 Å². The van der Waals surface area contributed by atoms with Crippen molar-refractivity contribution in [2.75, 3.05) is 77.1 Å². The first-order chi connectivity index (χ1) is 22.3. The third-order valence-corrected chi connectivity index (χ3v) is 12.1. The number of nitrogens with zero attached hydrogens (tertiary/aromatic N) is 4. The largest absolute Gasteiger partial charge is 0.494 e. The number of benzene rings is 1. The average molecular weight is 655 g/mol. The Morgan fingerprint density at radius 1 is 1.11 bits per heavy atom. The van der Waals surface area contributed by atoms with Crippen molar-refractivity contribution < 1.29 is 29.0 Å². The number of ether oxygens (including phenoxy) is 2. The van der Waals surface area contributed by atoms with Crippen molar-refractivity contribution in [3.05, 3.63) is 49.6 Å². The number of thioether (sulfide) groups is 1. The van der Waals surface area contributed by atoms with E-state index in [2.05, 4.69) is 25.0 Å². The van der Waals surface area contributed by atoms with Gasteiger partial charge in [-0.2, -0.15) is 0 Å². The van der Waals surface area contributed by atoms with Crippen LogP contribution in [0.1, 0.15) is 33.1 Å². The number of likely N-dealkylation sites (tertiary alicyclic amines) is 1. The summed E-state index contributed by atoms with van der Waals surface area (Å²) in [6.07, 6.45) is 5.34. The SMILES string of the molecule is C=CCN(CCN1CCOCC1)C(=O)C1N(CCCCO)C(=O)[C@@H]2[C@H](C(=O)N(CC=C)c3ccc(OCC)cc3)[C@@H]3CC(C)C12S3. The smallest absolute Gasteiger partial charge is 0.247 e. The van der Waals surface area contributed by atoms with Crippen LogP contribution in [0.3, 0.4) is 0 Å². The normalized spacial score (nSPS) is 28.6. The molecule has 11 heteroatoms. The van der Waals surface area contributed by atoms with Gasteiger partial charge in [-0.1, -0.05) is 19.1 Å². The molecule has 4 fully saturated rings. The summed E-state index contributed by atoms with van der Waals surface area (Å²) < 4.78 is 10.4. The van der Waals surface area contributed by atoms with Crippen LogP contribution >= 0.6 is 11.8 Å². The molecule has 252 valence electrons. The van der Waals surface area contributed by atoms with Gasteiger partial charge in [0.1, 0.15) is 11.8 Å². The van der Waals surface area contributed by atoms with Crippen LogP contribution in [-0.4, -0.2) is 126 Å². The van der Waals surface area contributed by atoms with E-state index in [1.165, 1.54) is 0 Å². The highest BCUT2D eigenvalue weighted by Gasteiger charge is 2.76. The van der Waals surface area contributed by atoms with Crippen LogP contribution in [0.2, 0.25) is 0 Å². The van der Waals surface area contributed by atoms with Crippen LogP contribution in [0, 0.1) is 17.8 Å². The molecule has 0 aliphatic carbocycles. The molecule has 4 heterocycles. The van der Waals surface area contributed by atoms with Crippen LogP contribution in [0.15, 0.2) is 49.6 Å². The number of fused-ring (bicyclic) bond motifs is 1. The van der Waals surface area contributed by atoms with Gasteiger partial charge < -0.3 is 29.3 Å². The minimum atomic E-state index is -0.713. The summed E-state index contributed by atoms with van der Waals surface area (Å²) >= 11 is 1.69. The predicted octanol–water partition coefficient (Wildman–Crippen LogP) is 3.06. The third-order valence-electron chi connectivity index (χ3n) is 10.1. The second-order valence-electron chi connectivity index (χ2n) is 12.7. The van der Waals surface area contributed by atoms with Gasteiger partial charge in [0.05, 0.1) is 36.4 Å². The lowest BCUT2D eigenvalue weighted by Crippen LogP contribution is -2.58. The standard InChI is InChI=1S/C35H50N4O6S/c1-5-14-37(18-17-36-19-22-44-23-20-36)34(43)31-35-25(4)24-28(46-35)29(30(35)33(42)39(31)16-8-9-21-40)32(41)38(15-6-2)26-10-12-27(13-11-26)45-7-3/h5-6,10-13,25,28-31,40H,1-2,7-9,14-24H2,3-4H3/t25?,28-,29+,30-,31?,35?/m0/s1. The number of carbonyl (C=O) groups excluding carboxylic acids is 3. The molecule has 4 aliphatic rings. The first kappa shape index (κ1) is 34.5. The van der Waals surface area contributed by atoms with Gasteiger partial charge in [0.15, 0.2) is 0 Å². The molecule has 4 saturated heterocycles. The van der Waals surface area contributed by atoms with E-state index in [4.69, 9.17) is 9.47 Å². The van der Waals surface area contributed by atoms with Crippen molar-refractivity contribution >= 4 is 35.2 Å². The van der Waals surface area contributed by atoms with Gasteiger partial charge in [-0.05, 0) is 56.4 Å². The van der Waals surface area contributed by atoms with Crippen molar-refractivity contribution in [1.29, 1.82) is 0 Å². The molecule has 3 unspecified atom stereocenters. The molecule has 1 aromatic rings. The quantitative estimate of drug-likeness (QED) is 0.215. The van der Waals surface area contributed by atoms with Crippen LogP contribution in [0.4, 0.5) is 5.69 Å². The van der Waals surface area contributed by atoms with E-state index < -0.39 is 22.6 Å². The van der Waals surface area contributed by atoms with E-state index in [1.807, 2.05) is 36.1 Å². The number of hydrogen-bond acceptors (Lipinski definition) is 8. The summed E-state index contributed by atoms with van der Waals surface area (Å²) in [5.74, 6) is -0.665. The van der Waals surface area contributed by atoms with E-state index in [9.17, 15) is 19.5 Å². The van der Waals surface area contributed by atoms with Gasteiger partial charge in [0.2, 0.25) is 17.7 Å². The van der Waals surface area contributed by atoms with Gasteiger partial charge in [-0.15, -0.1) is 24.9 Å². The molecule has 46 heavy (non-hydrogen) atoms. The number of unbranched alkanes of at least 4 members (excludes halogenated alkanes) is 1. The highest BCUT2D eigenvalue weighted by molar-refractivity contribution is 8.02. The molecule has 5 rings (SSSR count). The number of anilines is 1. The van der Waals surface area contributed by atoms with E-state index in [-0.39, 0.29) is 35.5 Å². The Hall–Kier alpha value is -2.86. The lowest BCUT2D eigenvalue weighted by atomic mass is 9.65. The molecule has 1 aromatic carbocycles. The van der Waals surface area contributed by atoms with Gasteiger partial charge >= 0.3 is 0 Å². The van der Waals surface area contributed by atoms with E-state index >= 15 is 0 Å². The van der Waals surface area contributed by atoms with Gasteiger partial charge in [-0.3, -0.25) is 19.3 Å². The molecular weight excluding hydrogens is 604 g/mol. The Bertz CT molecular complexity index is 1260. The zero-order valence-corrected chi connectivity index (χ0v) is 28.2. The molecule has 3 amide bonds. The zero-order valence-electron chi connectivity index (χ0n) is 27.4. The molecule has 2 bridgehead atoms. The maximum Gasteiger partial charge on any atom is 0.247 e. The Morgan fingerprint density at radius 2 is 1.83 bits per heavy atom. The lowest BCUT2D eigenvalue weighted by molar-refractivity contribution is -0.143. The zero-order chi connectivity index (χ0) is 32.8. The molecule has 0 radical (unpaired) electrons. The minimum absolute atomic E-state index is 0.0181. The highest BCUT2D eigenvalue weighted by Crippen LogP contribution is 2.69. The second-order valence-corrected chi connectivity index (χ2v) is 14.3. The summed E-state index contributed by atoms with van der Waals surface area (Å²) in [6.45, 7) is 17.8. The maximum absolute atomic E-state index is 14.7. The molecule has 1 N–H and O–H groups in total. The lowest BCUT2D eigenvalue weighted by Gasteiger charge is -2.41. The second kappa shape index (κ2) is 15.4. The monoisotopic (exact) mass is 654 g/mol. The van der Waals surface area contributed by atoms with Gasteiger partial charge in [0, 0.05) is 63.4 Å². The summed E-state index contributed by atoms with van der Waals surface area (Å²) in [7, 11) is 0. The average Bonchev–Trinajstić information content (AvgIpc) is 3.66. The molecular formula is C35H50N4O6S. The molecule has 0 aromatic heterocycles.